The molecule has 1 atom stereocenters. The van der Waals surface area contributed by atoms with E-state index in [9.17, 15) is 18.0 Å². The SMILES string of the molecule is CCOC(=O)C1(Cc2ccccc2C(F)(F)F)CCN([C@H](C)Cc2cccnc2)CC1. The Balaban J connectivity index is 1.77. The average Bonchev–Trinajstić information content (AvgIpc) is 2.74. The molecule has 0 radical (unpaired) electrons. The summed E-state index contributed by atoms with van der Waals surface area (Å²) in [5, 5.41) is 0. The van der Waals surface area contributed by atoms with Crippen molar-refractivity contribution in [3.05, 3.63) is 65.5 Å². The Kier molecular flexibility index (Phi) is 7.36. The molecule has 0 bridgehead atoms. The van der Waals surface area contributed by atoms with E-state index in [1.165, 1.54) is 12.1 Å². The van der Waals surface area contributed by atoms with Gasteiger partial charge in [-0.3, -0.25) is 9.78 Å². The highest BCUT2D eigenvalue weighted by Crippen LogP contribution is 2.41. The number of carbonyl (C=O) groups is 1. The molecule has 3 rings (SSSR count). The van der Waals surface area contributed by atoms with Crippen molar-refractivity contribution in [2.75, 3.05) is 19.7 Å². The quantitative estimate of drug-likeness (QED) is 0.580. The minimum absolute atomic E-state index is 0.0341. The fourth-order valence-corrected chi connectivity index (χ4v) is 4.43. The Morgan fingerprint density at radius 1 is 1.19 bits per heavy atom. The van der Waals surface area contributed by atoms with E-state index >= 15 is 0 Å². The van der Waals surface area contributed by atoms with Gasteiger partial charge in [0.05, 0.1) is 17.6 Å². The van der Waals surface area contributed by atoms with Crippen molar-refractivity contribution in [1.82, 2.24) is 9.88 Å². The largest absolute Gasteiger partial charge is 0.466 e. The Labute approximate surface area is 181 Å². The molecule has 0 aliphatic carbocycles. The van der Waals surface area contributed by atoms with Crippen LogP contribution in [0.2, 0.25) is 0 Å². The van der Waals surface area contributed by atoms with E-state index in [1.54, 1.807) is 19.2 Å². The van der Waals surface area contributed by atoms with Gasteiger partial charge in [0.25, 0.3) is 0 Å². The molecule has 0 N–H and O–H groups in total. The highest BCUT2D eigenvalue weighted by molar-refractivity contribution is 5.77. The summed E-state index contributed by atoms with van der Waals surface area (Å²) in [6.45, 7) is 5.33. The van der Waals surface area contributed by atoms with Gasteiger partial charge in [0.2, 0.25) is 0 Å². The van der Waals surface area contributed by atoms with Crippen molar-refractivity contribution >= 4 is 5.97 Å². The second kappa shape index (κ2) is 9.81. The second-order valence-electron chi connectivity index (χ2n) is 8.28. The van der Waals surface area contributed by atoms with Crippen LogP contribution in [-0.4, -0.2) is 41.6 Å². The predicted molar refractivity (Wildman–Crippen MR) is 112 cm³/mol. The molecule has 1 saturated heterocycles. The summed E-state index contributed by atoms with van der Waals surface area (Å²) in [5.74, 6) is -0.397. The molecule has 31 heavy (non-hydrogen) atoms. The van der Waals surface area contributed by atoms with E-state index < -0.39 is 23.1 Å². The molecular formula is C24H29F3N2O2. The van der Waals surface area contributed by atoms with Crippen LogP contribution in [0.5, 0.6) is 0 Å². The van der Waals surface area contributed by atoms with Gasteiger partial charge >= 0.3 is 12.1 Å². The molecule has 0 amide bonds. The van der Waals surface area contributed by atoms with Gasteiger partial charge in [-0.2, -0.15) is 13.2 Å². The number of aromatic nitrogens is 1. The maximum atomic E-state index is 13.5. The number of likely N-dealkylation sites (tertiary alicyclic amines) is 1. The summed E-state index contributed by atoms with van der Waals surface area (Å²) in [4.78, 5) is 19.4. The molecule has 1 fully saturated rings. The number of benzene rings is 1. The third-order valence-corrected chi connectivity index (χ3v) is 6.19. The van der Waals surface area contributed by atoms with Crippen molar-refractivity contribution in [3.8, 4) is 0 Å². The molecule has 2 heterocycles. The average molecular weight is 435 g/mol. The summed E-state index contributed by atoms with van der Waals surface area (Å²) < 4.78 is 45.9. The van der Waals surface area contributed by atoms with Gasteiger partial charge in [-0.05, 0) is 75.9 Å². The molecule has 4 nitrogen and oxygen atoms in total. The fourth-order valence-electron chi connectivity index (χ4n) is 4.43. The Hall–Kier alpha value is -2.41. The summed E-state index contributed by atoms with van der Waals surface area (Å²) in [5.41, 5.74) is -0.329. The molecule has 0 saturated carbocycles. The summed E-state index contributed by atoms with van der Waals surface area (Å²) >= 11 is 0. The van der Waals surface area contributed by atoms with Crippen molar-refractivity contribution in [2.24, 2.45) is 5.41 Å². The van der Waals surface area contributed by atoms with Crippen molar-refractivity contribution in [3.63, 3.8) is 0 Å². The number of rotatable bonds is 7. The second-order valence-corrected chi connectivity index (χ2v) is 8.28. The van der Waals surface area contributed by atoms with Gasteiger partial charge < -0.3 is 9.64 Å². The first kappa shape index (κ1) is 23.3. The van der Waals surface area contributed by atoms with E-state index in [2.05, 4.69) is 16.8 Å². The molecular weight excluding hydrogens is 405 g/mol. The molecule has 7 heteroatoms. The van der Waals surface area contributed by atoms with Crippen LogP contribution in [0.25, 0.3) is 0 Å². The Bertz CT molecular complexity index is 863. The number of esters is 1. The van der Waals surface area contributed by atoms with Gasteiger partial charge in [-0.25, -0.2) is 0 Å². The molecule has 0 spiro atoms. The number of piperidine rings is 1. The Morgan fingerprint density at radius 3 is 2.52 bits per heavy atom. The van der Waals surface area contributed by atoms with E-state index in [4.69, 9.17) is 4.74 Å². The molecule has 1 aliphatic rings. The summed E-state index contributed by atoms with van der Waals surface area (Å²) in [6, 6.07) is 9.71. The molecule has 168 valence electrons. The minimum atomic E-state index is -4.45. The number of hydrogen-bond acceptors (Lipinski definition) is 4. The first-order valence-corrected chi connectivity index (χ1v) is 10.7. The fraction of sp³-hybridized carbons (Fsp3) is 0.500. The first-order chi connectivity index (χ1) is 14.7. The maximum absolute atomic E-state index is 13.5. The topological polar surface area (TPSA) is 42.4 Å². The van der Waals surface area contributed by atoms with E-state index in [-0.39, 0.29) is 24.6 Å². The smallest absolute Gasteiger partial charge is 0.416 e. The number of halogens is 3. The van der Waals surface area contributed by atoms with E-state index in [0.29, 0.717) is 25.9 Å². The lowest BCUT2D eigenvalue weighted by Crippen LogP contribution is -2.49. The standard InChI is InChI=1S/C24H29F3N2O2/c1-3-31-22(30)23(16-20-8-4-5-9-21(20)24(25,26)27)10-13-29(14-11-23)18(2)15-19-7-6-12-28-17-19/h4-9,12,17-18H,3,10-11,13-16H2,1-2H3/t18-/m1/s1. The highest BCUT2D eigenvalue weighted by atomic mass is 19.4. The van der Waals surface area contributed by atoms with Crippen LogP contribution >= 0.6 is 0 Å². The predicted octanol–water partition coefficient (Wildman–Crippen LogP) is 4.92. The summed E-state index contributed by atoms with van der Waals surface area (Å²) in [7, 11) is 0. The molecule has 0 unspecified atom stereocenters. The van der Waals surface area contributed by atoms with Crippen LogP contribution in [0.3, 0.4) is 0 Å². The lowest BCUT2D eigenvalue weighted by atomic mass is 9.72. The maximum Gasteiger partial charge on any atom is 0.416 e. The van der Waals surface area contributed by atoms with Crippen LogP contribution in [0, 0.1) is 5.41 Å². The minimum Gasteiger partial charge on any atom is -0.466 e. The normalized spacial score (nSPS) is 17.8. The third-order valence-electron chi connectivity index (χ3n) is 6.19. The van der Waals surface area contributed by atoms with Crippen LogP contribution in [0.1, 0.15) is 43.4 Å². The Morgan fingerprint density at radius 2 is 1.90 bits per heavy atom. The monoisotopic (exact) mass is 434 g/mol. The molecule has 1 aliphatic heterocycles. The lowest BCUT2D eigenvalue weighted by molar-refractivity contribution is -0.159. The van der Waals surface area contributed by atoms with Crippen LogP contribution in [0.15, 0.2) is 48.8 Å². The van der Waals surface area contributed by atoms with Crippen LogP contribution in [0.4, 0.5) is 13.2 Å². The van der Waals surface area contributed by atoms with Gasteiger partial charge in [-0.1, -0.05) is 24.3 Å². The lowest BCUT2D eigenvalue weighted by Gasteiger charge is -2.42. The zero-order valence-corrected chi connectivity index (χ0v) is 18.0. The first-order valence-electron chi connectivity index (χ1n) is 10.7. The number of pyridine rings is 1. The van der Waals surface area contributed by atoms with Crippen molar-refractivity contribution < 1.29 is 22.7 Å². The molecule has 1 aromatic heterocycles. The van der Waals surface area contributed by atoms with Gasteiger partial charge in [0.15, 0.2) is 0 Å². The van der Waals surface area contributed by atoms with Gasteiger partial charge in [0, 0.05) is 18.4 Å². The zero-order chi connectivity index (χ0) is 22.5. The van der Waals surface area contributed by atoms with E-state index in [0.717, 1.165) is 18.1 Å². The van der Waals surface area contributed by atoms with Gasteiger partial charge in [0.1, 0.15) is 0 Å². The zero-order valence-electron chi connectivity index (χ0n) is 18.0. The molecule has 2 aromatic rings. The number of nitrogens with zero attached hydrogens (tertiary/aromatic N) is 2. The van der Waals surface area contributed by atoms with Crippen LogP contribution in [-0.2, 0) is 28.5 Å². The number of hydrogen-bond donors (Lipinski definition) is 0. The highest BCUT2D eigenvalue weighted by Gasteiger charge is 2.45. The summed E-state index contributed by atoms with van der Waals surface area (Å²) in [6.07, 6.45) is 0.929. The number of carbonyl (C=O) groups excluding carboxylic acids is 1. The van der Waals surface area contributed by atoms with Gasteiger partial charge in [-0.15, -0.1) is 0 Å². The van der Waals surface area contributed by atoms with Crippen molar-refractivity contribution in [1.29, 1.82) is 0 Å². The molecule has 1 aromatic carbocycles. The number of alkyl halides is 3. The third kappa shape index (κ3) is 5.64. The van der Waals surface area contributed by atoms with E-state index in [1.807, 2.05) is 18.3 Å². The number of ether oxygens (including phenoxy) is 1. The van der Waals surface area contributed by atoms with Crippen molar-refractivity contribution in [2.45, 2.75) is 51.7 Å². The van der Waals surface area contributed by atoms with Crippen LogP contribution < -0.4 is 0 Å².